The van der Waals surface area contributed by atoms with Crippen LogP contribution in [-0.2, 0) is 0 Å². The Hall–Kier alpha value is -2.01. The molecule has 1 unspecified atom stereocenters. The molecule has 1 fully saturated rings. The lowest BCUT2D eigenvalue weighted by Gasteiger charge is -2.37. The summed E-state index contributed by atoms with van der Waals surface area (Å²) in [6.45, 7) is 8.50. The molecule has 116 valence electrons. The maximum atomic E-state index is 12.7. The Labute approximate surface area is 131 Å². The summed E-state index contributed by atoms with van der Waals surface area (Å²) in [6, 6.07) is 6.00. The number of carbonyl (C=O) groups excluding carboxylic acids is 1. The third-order valence-electron chi connectivity index (χ3n) is 4.57. The zero-order valence-electron chi connectivity index (χ0n) is 13.6. The average molecular weight is 298 g/mol. The topological polar surface area (TPSA) is 49.3 Å². The molecule has 0 N–H and O–H groups in total. The van der Waals surface area contributed by atoms with Gasteiger partial charge in [-0.15, -0.1) is 0 Å². The van der Waals surface area contributed by atoms with Crippen LogP contribution in [0.25, 0.3) is 11.0 Å². The largest absolute Gasteiger partial charge is 0.336 e. The Kier molecular flexibility index (Phi) is 3.83. The monoisotopic (exact) mass is 298 g/mol. The fraction of sp³-hybridized carbons (Fsp3) is 0.471. The van der Waals surface area contributed by atoms with Crippen LogP contribution in [0.4, 0.5) is 0 Å². The molecule has 5 heteroatoms. The smallest absolute Gasteiger partial charge is 0.254 e. The first-order chi connectivity index (χ1) is 10.5. The third kappa shape index (κ3) is 2.68. The van der Waals surface area contributed by atoms with Crippen molar-refractivity contribution in [1.29, 1.82) is 0 Å². The van der Waals surface area contributed by atoms with Crippen molar-refractivity contribution in [1.82, 2.24) is 19.8 Å². The molecule has 0 aliphatic carbocycles. The van der Waals surface area contributed by atoms with Gasteiger partial charge in [-0.1, -0.05) is 0 Å². The molecule has 5 nitrogen and oxygen atoms in total. The van der Waals surface area contributed by atoms with Gasteiger partial charge >= 0.3 is 0 Å². The maximum absolute atomic E-state index is 12.7. The number of nitrogens with zero attached hydrogens (tertiary/aromatic N) is 4. The van der Waals surface area contributed by atoms with Crippen molar-refractivity contribution < 1.29 is 4.79 Å². The molecule has 1 saturated heterocycles. The molecule has 0 spiro atoms. The second-order valence-corrected chi connectivity index (χ2v) is 6.18. The Bertz CT molecular complexity index is 728. The van der Waals surface area contributed by atoms with Crippen LogP contribution in [0.3, 0.4) is 0 Å². The Morgan fingerprint density at radius 2 is 1.82 bits per heavy atom. The van der Waals surface area contributed by atoms with Gasteiger partial charge in [-0.25, -0.2) is 9.97 Å². The molecule has 0 bridgehead atoms. The van der Waals surface area contributed by atoms with E-state index in [9.17, 15) is 4.79 Å². The number of aryl methyl sites for hydroxylation is 2. The predicted molar refractivity (Wildman–Crippen MR) is 87.0 cm³/mol. The fourth-order valence-electron chi connectivity index (χ4n) is 2.78. The number of fused-ring (bicyclic) bond motifs is 1. The van der Waals surface area contributed by atoms with Crippen molar-refractivity contribution in [2.75, 3.05) is 26.7 Å². The van der Waals surface area contributed by atoms with Crippen molar-refractivity contribution in [3.63, 3.8) is 0 Å². The van der Waals surface area contributed by atoms with Crippen LogP contribution in [0.1, 0.15) is 28.7 Å². The molecule has 2 heterocycles. The second-order valence-electron chi connectivity index (χ2n) is 6.18. The van der Waals surface area contributed by atoms with Crippen molar-refractivity contribution in [2.24, 2.45) is 0 Å². The summed E-state index contributed by atoms with van der Waals surface area (Å²) in [7, 11) is 2.10. The summed E-state index contributed by atoms with van der Waals surface area (Å²) in [5.74, 6) is 0.0851. The fourth-order valence-corrected chi connectivity index (χ4v) is 2.78. The van der Waals surface area contributed by atoms with Gasteiger partial charge in [0.1, 0.15) is 0 Å². The first kappa shape index (κ1) is 14.9. The van der Waals surface area contributed by atoms with Gasteiger partial charge in [0.25, 0.3) is 5.91 Å². The molecule has 1 aromatic heterocycles. The summed E-state index contributed by atoms with van der Waals surface area (Å²) in [4.78, 5) is 26.0. The number of amides is 1. The zero-order valence-corrected chi connectivity index (χ0v) is 13.6. The Balaban J connectivity index is 1.89. The van der Waals surface area contributed by atoms with Gasteiger partial charge in [-0.3, -0.25) is 4.79 Å². The molecular formula is C17H22N4O. The number of piperazine rings is 1. The van der Waals surface area contributed by atoms with E-state index in [1.54, 1.807) is 0 Å². The Morgan fingerprint density at radius 3 is 2.50 bits per heavy atom. The lowest BCUT2D eigenvalue weighted by Crippen LogP contribution is -2.52. The van der Waals surface area contributed by atoms with E-state index >= 15 is 0 Å². The summed E-state index contributed by atoms with van der Waals surface area (Å²) in [5.41, 5.74) is 4.16. The minimum absolute atomic E-state index is 0.0851. The van der Waals surface area contributed by atoms with E-state index in [0.717, 1.165) is 42.1 Å². The highest BCUT2D eigenvalue weighted by Gasteiger charge is 2.25. The van der Waals surface area contributed by atoms with Crippen LogP contribution in [0.5, 0.6) is 0 Å². The average Bonchev–Trinajstić information content (AvgIpc) is 2.50. The highest BCUT2D eigenvalue weighted by atomic mass is 16.2. The highest BCUT2D eigenvalue weighted by molar-refractivity contribution is 5.97. The standard InChI is InChI=1S/C17H22N4O/c1-11-10-21(8-7-20(11)4)17(22)14-5-6-15-16(9-14)19-13(3)12(2)18-15/h5-6,9,11H,7-8,10H2,1-4H3. The van der Waals surface area contributed by atoms with E-state index in [1.165, 1.54) is 0 Å². The number of hydrogen-bond acceptors (Lipinski definition) is 4. The van der Waals surface area contributed by atoms with Crippen molar-refractivity contribution in [3.8, 4) is 0 Å². The van der Waals surface area contributed by atoms with Gasteiger partial charge in [-0.05, 0) is 46.0 Å². The summed E-state index contributed by atoms with van der Waals surface area (Å²) < 4.78 is 0. The summed E-state index contributed by atoms with van der Waals surface area (Å²) >= 11 is 0. The van der Waals surface area contributed by atoms with E-state index in [-0.39, 0.29) is 5.91 Å². The molecule has 0 radical (unpaired) electrons. The van der Waals surface area contributed by atoms with Crippen molar-refractivity contribution in [2.45, 2.75) is 26.8 Å². The molecule has 22 heavy (non-hydrogen) atoms. The predicted octanol–water partition coefficient (Wildman–Crippen LogP) is 2.02. The first-order valence-electron chi connectivity index (χ1n) is 7.70. The van der Waals surface area contributed by atoms with Gasteiger partial charge in [0.05, 0.1) is 22.4 Å². The van der Waals surface area contributed by atoms with Crippen molar-refractivity contribution in [3.05, 3.63) is 35.2 Å². The molecule has 1 aliphatic rings. The highest BCUT2D eigenvalue weighted by Crippen LogP contribution is 2.17. The quantitative estimate of drug-likeness (QED) is 0.808. The number of benzene rings is 1. The van der Waals surface area contributed by atoms with Crippen LogP contribution in [0, 0.1) is 13.8 Å². The van der Waals surface area contributed by atoms with E-state index in [0.29, 0.717) is 11.6 Å². The molecule has 3 rings (SSSR count). The number of rotatable bonds is 1. The Morgan fingerprint density at radius 1 is 1.14 bits per heavy atom. The number of carbonyl (C=O) groups is 1. The normalized spacial score (nSPS) is 19.6. The summed E-state index contributed by atoms with van der Waals surface area (Å²) in [6.07, 6.45) is 0. The third-order valence-corrected chi connectivity index (χ3v) is 4.57. The van der Waals surface area contributed by atoms with E-state index < -0.39 is 0 Å². The second kappa shape index (κ2) is 5.65. The van der Waals surface area contributed by atoms with Gasteiger partial charge in [0, 0.05) is 31.2 Å². The van der Waals surface area contributed by atoms with E-state index in [1.807, 2.05) is 36.9 Å². The van der Waals surface area contributed by atoms with Crippen LogP contribution in [0.15, 0.2) is 18.2 Å². The molecule has 0 saturated carbocycles. The lowest BCUT2D eigenvalue weighted by molar-refractivity contribution is 0.0572. The van der Waals surface area contributed by atoms with Crippen molar-refractivity contribution >= 4 is 16.9 Å². The lowest BCUT2D eigenvalue weighted by atomic mass is 10.1. The zero-order chi connectivity index (χ0) is 15.9. The van der Waals surface area contributed by atoms with Gasteiger partial charge in [0.15, 0.2) is 0 Å². The van der Waals surface area contributed by atoms with Crippen LogP contribution in [-0.4, -0.2) is 58.4 Å². The molecule has 2 aromatic rings. The minimum Gasteiger partial charge on any atom is -0.336 e. The van der Waals surface area contributed by atoms with Gasteiger partial charge < -0.3 is 9.80 Å². The molecule has 1 aromatic carbocycles. The minimum atomic E-state index is 0.0851. The first-order valence-corrected chi connectivity index (χ1v) is 7.70. The maximum Gasteiger partial charge on any atom is 0.254 e. The van der Waals surface area contributed by atoms with Crippen LogP contribution < -0.4 is 0 Å². The SMILES string of the molecule is Cc1nc2ccc(C(=O)N3CCN(C)C(C)C3)cc2nc1C. The summed E-state index contributed by atoms with van der Waals surface area (Å²) in [5, 5.41) is 0. The van der Waals surface area contributed by atoms with Crippen LogP contribution in [0.2, 0.25) is 0 Å². The van der Waals surface area contributed by atoms with E-state index in [4.69, 9.17) is 0 Å². The molecule has 1 atom stereocenters. The number of hydrogen-bond donors (Lipinski definition) is 0. The van der Waals surface area contributed by atoms with Crippen LogP contribution >= 0.6 is 0 Å². The van der Waals surface area contributed by atoms with Gasteiger partial charge in [-0.2, -0.15) is 0 Å². The molecule has 1 aliphatic heterocycles. The van der Waals surface area contributed by atoms with E-state index in [2.05, 4.69) is 28.8 Å². The number of likely N-dealkylation sites (N-methyl/N-ethyl adjacent to an activating group) is 1. The van der Waals surface area contributed by atoms with Gasteiger partial charge in [0.2, 0.25) is 0 Å². The number of aromatic nitrogens is 2. The molecular weight excluding hydrogens is 276 g/mol. The molecule has 1 amide bonds.